The van der Waals surface area contributed by atoms with Crippen molar-refractivity contribution < 1.29 is 4.79 Å². The molecule has 1 aliphatic heterocycles. The largest absolute Gasteiger partial charge is 0.328 e. The summed E-state index contributed by atoms with van der Waals surface area (Å²) in [6.45, 7) is 2.47. The van der Waals surface area contributed by atoms with Crippen LogP contribution in [0.5, 0.6) is 0 Å². The first kappa shape index (κ1) is 10.8. The van der Waals surface area contributed by atoms with Crippen LogP contribution < -0.4 is 5.32 Å². The number of hydrogen-bond donors (Lipinski definition) is 1. The van der Waals surface area contributed by atoms with Gasteiger partial charge in [0.2, 0.25) is 0 Å². The van der Waals surface area contributed by atoms with E-state index >= 15 is 0 Å². The van der Waals surface area contributed by atoms with Gasteiger partial charge in [-0.1, -0.05) is 0 Å². The Kier molecular flexibility index (Phi) is 2.96. The molecule has 1 aromatic rings. The number of nitrogens with zero attached hydrogens (tertiary/aromatic N) is 2. The van der Waals surface area contributed by atoms with Crippen molar-refractivity contribution in [3.8, 4) is 0 Å². The molecule has 1 N–H and O–H groups in total. The number of likely N-dealkylation sites (N-methyl/N-ethyl adjacent to an activating group) is 1. The van der Waals surface area contributed by atoms with Crippen LogP contribution >= 0.6 is 12.2 Å². The molecule has 0 bridgehead atoms. The number of amides is 1. The number of rotatable bonds is 2. The van der Waals surface area contributed by atoms with Crippen LogP contribution in [0.15, 0.2) is 30.2 Å². The van der Waals surface area contributed by atoms with Crippen molar-refractivity contribution in [1.82, 2.24) is 15.2 Å². The number of carbonyl (C=O) groups is 1. The highest BCUT2D eigenvalue weighted by Crippen LogP contribution is 2.13. The molecule has 0 atom stereocenters. The Labute approximate surface area is 99.0 Å². The zero-order valence-corrected chi connectivity index (χ0v) is 9.62. The molecule has 2 rings (SSSR count). The molecule has 1 saturated heterocycles. The summed E-state index contributed by atoms with van der Waals surface area (Å²) in [6, 6.07) is 3.67. The van der Waals surface area contributed by atoms with Crippen molar-refractivity contribution in [2.24, 2.45) is 0 Å². The van der Waals surface area contributed by atoms with E-state index in [0.29, 0.717) is 17.4 Å². The first-order chi connectivity index (χ1) is 7.72. The lowest BCUT2D eigenvalue weighted by atomic mass is 10.2. The molecular weight excluding hydrogens is 222 g/mol. The van der Waals surface area contributed by atoms with Crippen molar-refractivity contribution >= 4 is 29.3 Å². The minimum atomic E-state index is -0.0793. The number of nitrogens with one attached hydrogen (secondary N) is 1. The second kappa shape index (κ2) is 4.40. The van der Waals surface area contributed by atoms with Gasteiger partial charge in [-0.15, -0.1) is 0 Å². The van der Waals surface area contributed by atoms with E-state index in [0.717, 1.165) is 5.56 Å². The third-order valence-electron chi connectivity index (χ3n) is 2.30. The minimum absolute atomic E-state index is 0.0793. The van der Waals surface area contributed by atoms with Crippen LogP contribution in [0.25, 0.3) is 6.08 Å². The Morgan fingerprint density at radius 3 is 2.75 bits per heavy atom. The number of hydrogen-bond acceptors (Lipinski definition) is 3. The lowest BCUT2D eigenvalue weighted by Gasteiger charge is -2.08. The zero-order valence-electron chi connectivity index (χ0n) is 8.80. The number of pyridine rings is 1. The summed E-state index contributed by atoms with van der Waals surface area (Å²) >= 11 is 5.05. The van der Waals surface area contributed by atoms with Crippen LogP contribution in [0.3, 0.4) is 0 Å². The lowest BCUT2D eigenvalue weighted by Crippen LogP contribution is -2.30. The summed E-state index contributed by atoms with van der Waals surface area (Å²) in [5.74, 6) is -0.0793. The van der Waals surface area contributed by atoms with Crippen LogP contribution in [0.2, 0.25) is 0 Å². The van der Waals surface area contributed by atoms with E-state index in [1.54, 1.807) is 18.5 Å². The molecule has 1 aromatic heterocycles. The van der Waals surface area contributed by atoms with Crippen molar-refractivity contribution in [1.29, 1.82) is 0 Å². The van der Waals surface area contributed by atoms with Gasteiger partial charge in [0.1, 0.15) is 5.70 Å². The Morgan fingerprint density at radius 1 is 1.50 bits per heavy atom. The third kappa shape index (κ3) is 1.94. The monoisotopic (exact) mass is 233 g/mol. The molecule has 0 saturated carbocycles. The fourth-order valence-corrected chi connectivity index (χ4v) is 1.81. The third-order valence-corrected chi connectivity index (χ3v) is 2.62. The van der Waals surface area contributed by atoms with Gasteiger partial charge in [-0.25, -0.2) is 0 Å². The standard InChI is InChI=1S/C11H11N3OS/c1-2-14-10(15)9(13-11(14)16)7-8-3-5-12-6-4-8/h3-7H,2H2,1H3,(H,13,16). The predicted molar refractivity (Wildman–Crippen MR) is 65.3 cm³/mol. The number of carbonyl (C=O) groups excluding carboxylic acids is 1. The maximum absolute atomic E-state index is 11.8. The minimum Gasteiger partial charge on any atom is -0.328 e. The van der Waals surface area contributed by atoms with Crippen molar-refractivity contribution in [2.75, 3.05) is 6.54 Å². The van der Waals surface area contributed by atoms with Crippen LogP contribution in [0, 0.1) is 0 Å². The maximum atomic E-state index is 11.8. The fourth-order valence-electron chi connectivity index (χ4n) is 1.49. The first-order valence-corrected chi connectivity index (χ1v) is 5.37. The van der Waals surface area contributed by atoms with Gasteiger partial charge < -0.3 is 5.32 Å². The van der Waals surface area contributed by atoms with Gasteiger partial charge in [-0.3, -0.25) is 14.7 Å². The highest BCUT2D eigenvalue weighted by Gasteiger charge is 2.28. The van der Waals surface area contributed by atoms with E-state index in [2.05, 4.69) is 10.3 Å². The van der Waals surface area contributed by atoms with Crippen LogP contribution in [0.1, 0.15) is 12.5 Å². The van der Waals surface area contributed by atoms with Crippen molar-refractivity contribution in [2.45, 2.75) is 6.92 Å². The smallest absolute Gasteiger partial charge is 0.276 e. The molecule has 1 fully saturated rings. The van der Waals surface area contributed by atoms with Crippen LogP contribution in [-0.4, -0.2) is 27.4 Å². The average Bonchev–Trinajstić information content (AvgIpc) is 2.55. The Morgan fingerprint density at radius 2 is 2.19 bits per heavy atom. The molecule has 4 nitrogen and oxygen atoms in total. The second-order valence-corrected chi connectivity index (χ2v) is 3.70. The molecule has 0 aromatic carbocycles. The van der Waals surface area contributed by atoms with Crippen LogP contribution in [-0.2, 0) is 4.79 Å². The summed E-state index contributed by atoms with van der Waals surface area (Å²) in [4.78, 5) is 17.3. The molecular formula is C11H11N3OS. The summed E-state index contributed by atoms with van der Waals surface area (Å²) in [5, 5.41) is 3.37. The Balaban J connectivity index is 2.27. The first-order valence-electron chi connectivity index (χ1n) is 4.97. The van der Waals surface area contributed by atoms with Gasteiger partial charge in [-0.2, -0.15) is 0 Å². The normalized spacial score (nSPS) is 18.1. The predicted octanol–water partition coefficient (Wildman–Crippen LogP) is 1.16. The zero-order chi connectivity index (χ0) is 11.5. The van der Waals surface area contributed by atoms with Crippen molar-refractivity contribution in [3.63, 3.8) is 0 Å². The quantitative estimate of drug-likeness (QED) is 0.615. The Hall–Kier alpha value is -1.75. The molecule has 0 spiro atoms. The number of aromatic nitrogens is 1. The van der Waals surface area contributed by atoms with Gasteiger partial charge in [0, 0.05) is 18.9 Å². The second-order valence-electron chi connectivity index (χ2n) is 3.32. The highest BCUT2D eigenvalue weighted by molar-refractivity contribution is 7.80. The van der Waals surface area contributed by atoms with Gasteiger partial charge >= 0.3 is 0 Å². The summed E-state index contributed by atoms with van der Waals surface area (Å²) < 4.78 is 0. The molecule has 82 valence electrons. The Bertz CT molecular complexity index is 456. The highest BCUT2D eigenvalue weighted by atomic mass is 32.1. The van der Waals surface area contributed by atoms with Gasteiger partial charge in [-0.05, 0) is 42.9 Å². The summed E-state index contributed by atoms with van der Waals surface area (Å²) in [7, 11) is 0. The molecule has 0 aliphatic carbocycles. The molecule has 2 heterocycles. The van der Waals surface area contributed by atoms with E-state index in [1.807, 2.05) is 19.1 Å². The van der Waals surface area contributed by atoms with E-state index in [1.165, 1.54) is 4.90 Å². The maximum Gasteiger partial charge on any atom is 0.276 e. The summed E-state index contributed by atoms with van der Waals surface area (Å²) in [6.07, 6.45) is 5.13. The average molecular weight is 233 g/mol. The van der Waals surface area contributed by atoms with Gasteiger partial charge in [0.05, 0.1) is 0 Å². The van der Waals surface area contributed by atoms with E-state index in [-0.39, 0.29) is 5.91 Å². The van der Waals surface area contributed by atoms with Gasteiger partial charge in [0.15, 0.2) is 5.11 Å². The van der Waals surface area contributed by atoms with Crippen LogP contribution in [0.4, 0.5) is 0 Å². The van der Waals surface area contributed by atoms with E-state index in [4.69, 9.17) is 12.2 Å². The topological polar surface area (TPSA) is 45.2 Å². The molecule has 1 amide bonds. The van der Waals surface area contributed by atoms with E-state index < -0.39 is 0 Å². The van der Waals surface area contributed by atoms with E-state index in [9.17, 15) is 4.79 Å². The molecule has 1 aliphatic rings. The molecule has 16 heavy (non-hydrogen) atoms. The molecule has 0 unspecified atom stereocenters. The fraction of sp³-hybridized carbons (Fsp3) is 0.182. The van der Waals surface area contributed by atoms with Gasteiger partial charge in [0.25, 0.3) is 5.91 Å². The SMILES string of the molecule is CCN1C(=O)C(=Cc2ccncc2)NC1=S. The summed E-state index contributed by atoms with van der Waals surface area (Å²) in [5.41, 5.74) is 1.43. The number of thiocarbonyl (C=S) groups is 1. The van der Waals surface area contributed by atoms with Crippen molar-refractivity contribution in [3.05, 3.63) is 35.8 Å². The molecule has 0 radical (unpaired) electrons. The molecule has 5 heteroatoms. The lowest BCUT2D eigenvalue weighted by molar-refractivity contribution is -0.122.